The van der Waals surface area contributed by atoms with Crippen LogP contribution in [0, 0.1) is 18.2 Å². The van der Waals surface area contributed by atoms with Crippen molar-refractivity contribution in [2.75, 3.05) is 0 Å². The average Bonchev–Trinajstić information content (AvgIpc) is 3.18. The first-order valence-corrected chi connectivity index (χ1v) is 10.3. The summed E-state index contributed by atoms with van der Waals surface area (Å²) in [6.07, 6.45) is 5.56. The van der Waals surface area contributed by atoms with Crippen molar-refractivity contribution in [1.29, 1.82) is 0 Å². The molecule has 0 radical (unpaired) electrons. The van der Waals surface area contributed by atoms with Crippen molar-refractivity contribution >= 4 is 16.1 Å². The maximum Gasteiger partial charge on any atom is 0.340 e. The Hall–Kier alpha value is -3.72. The molecule has 0 spiro atoms. The number of aromatic nitrogens is 2. The number of halogens is 1. The highest BCUT2D eigenvalue weighted by atomic mass is 32.2. The summed E-state index contributed by atoms with van der Waals surface area (Å²) < 4.78 is 38.9. The fraction of sp³-hybridized carbons (Fsp3) is 0.100. The Kier molecular flexibility index (Phi) is 5.56. The first-order chi connectivity index (χ1) is 14.5. The van der Waals surface area contributed by atoms with Gasteiger partial charge >= 0.3 is 6.03 Å². The van der Waals surface area contributed by atoms with Crippen LogP contribution in [0.1, 0.15) is 12.6 Å². The Morgan fingerprint density at radius 3 is 2.42 bits per heavy atom. The zero-order valence-electron chi connectivity index (χ0n) is 16.2. The number of carbonyl (C=O) groups excluding carboxylic acids is 1. The van der Waals surface area contributed by atoms with Gasteiger partial charge in [0.25, 0.3) is 0 Å². The summed E-state index contributed by atoms with van der Waals surface area (Å²) in [6, 6.07) is 11.3. The zero-order chi connectivity index (χ0) is 23.0. The van der Waals surface area contributed by atoms with Crippen molar-refractivity contribution in [3.8, 4) is 29.3 Å². The Morgan fingerprint density at radius 2 is 1.87 bits per heavy atom. The van der Waals surface area contributed by atoms with Gasteiger partial charge in [0.05, 0.1) is 11.4 Å². The topological polar surface area (TPSA) is 145 Å². The van der Waals surface area contributed by atoms with Crippen LogP contribution >= 0.6 is 0 Å². The van der Waals surface area contributed by atoms with Crippen LogP contribution in [0.3, 0.4) is 0 Å². The summed E-state index contributed by atoms with van der Waals surface area (Å²) in [6.45, 7) is 1.32. The molecule has 0 saturated heterocycles. The molecule has 31 heavy (non-hydrogen) atoms. The summed E-state index contributed by atoms with van der Waals surface area (Å²) in [5.74, 6) is 1.79. The minimum Gasteiger partial charge on any atom is -0.350 e. The van der Waals surface area contributed by atoms with Crippen molar-refractivity contribution in [3.05, 3.63) is 66.1 Å². The van der Waals surface area contributed by atoms with E-state index in [1.165, 1.54) is 60.1 Å². The Balaban J connectivity index is 2.36. The fourth-order valence-electron chi connectivity index (χ4n) is 2.97. The van der Waals surface area contributed by atoms with Gasteiger partial charge in [-0.1, -0.05) is 18.1 Å². The van der Waals surface area contributed by atoms with E-state index in [0.717, 1.165) is 0 Å². The zero-order valence-corrected chi connectivity index (χ0v) is 17.0. The van der Waals surface area contributed by atoms with Crippen LogP contribution < -0.4 is 10.9 Å². The maximum atomic E-state index is 13.5. The molecule has 0 aliphatic carbocycles. The largest absolute Gasteiger partial charge is 0.350 e. The van der Waals surface area contributed by atoms with Crippen molar-refractivity contribution in [2.24, 2.45) is 10.9 Å². The number of amides is 2. The highest BCUT2D eigenvalue weighted by Crippen LogP contribution is 2.33. The molecule has 0 fully saturated rings. The van der Waals surface area contributed by atoms with Crippen molar-refractivity contribution in [3.63, 3.8) is 0 Å². The third kappa shape index (κ3) is 3.99. The normalized spacial score (nSPS) is 13.3. The van der Waals surface area contributed by atoms with Gasteiger partial charge < -0.3 is 5.73 Å². The number of hydrogen-bond donors (Lipinski definition) is 3. The van der Waals surface area contributed by atoms with Crippen LogP contribution in [0.25, 0.3) is 16.9 Å². The highest BCUT2D eigenvalue weighted by Gasteiger charge is 2.38. The third-order valence-corrected chi connectivity index (χ3v) is 5.62. The lowest BCUT2D eigenvalue weighted by Crippen LogP contribution is -2.47. The third-order valence-electron chi connectivity index (χ3n) is 4.66. The van der Waals surface area contributed by atoms with Gasteiger partial charge in [0.15, 0.2) is 5.54 Å². The van der Waals surface area contributed by atoms with E-state index in [0.29, 0.717) is 11.3 Å². The van der Waals surface area contributed by atoms with E-state index in [2.05, 4.69) is 11.0 Å². The van der Waals surface area contributed by atoms with E-state index in [-0.39, 0.29) is 21.3 Å². The predicted octanol–water partition coefficient (Wildman–Crippen LogP) is 1.94. The number of terminal acetylenes is 1. The number of primary sulfonamides is 1. The van der Waals surface area contributed by atoms with E-state index >= 15 is 0 Å². The highest BCUT2D eigenvalue weighted by molar-refractivity contribution is 7.89. The summed E-state index contributed by atoms with van der Waals surface area (Å²) in [5, 5.41) is 20.0. The van der Waals surface area contributed by atoms with Crippen LogP contribution in [0.15, 0.2) is 59.5 Å². The van der Waals surface area contributed by atoms with E-state index in [1.54, 1.807) is 6.07 Å². The number of sulfonamides is 1. The van der Waals surface area contributed by atoms with Gasteiger partial charge in [-0.05, 0) is 49.4 Å². The molecule has 1 heterocycles. The van der Waals surface area contributed by atoms with Gasteiger partial charge in [0.2, 0.25) is 10.0 Å². The molecule has 11 heteroatoms. The molecular weight excluding hydrogens is 425 g/mol. The number of carbonyl (C=O) groups is 1. The number of rotatable bonds is 5. The second kappa shape index (κ2) is 7.84. The molecule has 1 atom stereocenters. The predicted molar refractivity (Wildman–Crippen MR) is 110 cm³/mol. The molecule has 3 aromatic rings. The molecule has 0 aliphatic heterocycles. The van der Waals surface area contributed by atoms with Gasteiger partial charge in [0.1, 0.15) is 16.4 Å². The van der Waals surface area contributed by atoms with Gasteiger partial charge in [-0.25, -0.2) is 27.4 Å². The summed E-state index contributed by atoms with van der Waals surface area (Å²) in [7, 11) is -4.14. The number of urea groups is 1. The van der Waals surface area contributed by atoms with E-state index in [4.69, 9.17) is 17.3 Å². The molecule has 9 nitrogen and oxygen atoms in total. The first kappa shape index (κ1) is 22.0. The number of primary amides is 1. The number of hydrogen-bond acceptors (Lipinski definition) is 5. The number of para-hydroxylation sites is 1. The molecule has 160 valence electrons. The number of hydroxylamine groups is 2. The van der Waals surface area contributed by atoms with Crippen LogP contribution in [0.2, 0.25) is 0 Å². The smallest absolute Gasteiger partial charge is 0.340 e. The Morgan fingerprint density at radius 1 is 1.26 bits per heavy atom. The summed E-state index contributed by atoms with van der Waals surface area (Å²) in [4.78, 5) is 11.3. The van der Waals surface area contributed by atoms with E-state index in [1.807, 2.05) is 0 Å². The molecule has 1 aromatic heterocycles. The molecule has 2 aromatic carbocycles. The van der Waals surface area contributed by atoms with Gasteiger partial charge in [0, 0.05) is 5.56 Å². The molecule has 5 N–H and O–H groups in total. The molecule has 1 unspecified atom stereocenters. The van der Waals surface area contributed by atoms with Gasteiger partial charge in [-0.15, -0.1) is 6.42 Å². The Bertz CT molecular complexity index is 1300. The van der Waals surface area contributed by atoms with Crippen LogP contribution in [0.4, 0.5) is 9.18 Å². The average molecular weight is 443 g/mol. The molecule has 0 saturated carbocycles. The van der Waals surface area contributed by atoms with Crippen molar-refractivity contribution < 1.29 is 22.8 Å². The van der Waals surface area contributed by atoms with Crippen LogP contribution in [-0.2, 0) is 15.6 Å². The number of benzene rings is 2. The first-order valence-electron chi connectivity index (χ1n) is 8.74. The van der Waals surface area contributed by atoms with Crippen LogP contribution in [0.5, 0.6) is 0 Å². The monoisotopic (exact) mass is 443 g/mol. The van der Waals surface area contributed by atoms with Gasteiger partial charge in [-0.3, -0.25) is 5.21 Å². The quantitative estimate of drug-likeness (QED) is 0.314. The lowest BCUT2D eigenvalue weighted by molar-refractivity contribution is -0.0997. The standard InChI is InChI=1S/C20H18FN5O4S/c1-3-20(2,26(28)19(22)27)18-12-16(13-8-10-14(21)11-9-13)25(24-18)15-6-4-5-7-17(15)31(23,29)30/h1,4-12,28H,2H3,(H2,22,27)(H2,23,29,30). The van der Waals surface area contributed by atoms with E-state index < -0.39 is 27.4 Å². The minimum atomic E-state index is -4.14. The minimum absolute atomic E-state index is 0.000141. The van der Waals surface area contributed by atoms with Crippen LogP contribution in [-0.4, -0.2) is 34.5 Å². The number of nitrogens with two attached hydrogens (primary N) is 2. The van der Waals surface area contributed by atoms with Crippen molar-refractivity contribution in [1.82, 2.24) is 14.8 Å². The SMILES string of the molecule is C#CC(C)(c1cc(-c2ccc(F)cc2)n(-c2ccccc2S(N)(=O)=O)n1)N(O)C(N)=O. The second-order valence-corrected chi connectivity index (χ2v) is 8.24. The van der Waals surface area contributed by atoms with Gasteiger partial charge in [-0.2, -0.15) is 10.2 Å². The molecule has 2 amide bonds. The van der Waals surface area contributed by atoms with Crippen molar-refractivity contribution in [2.45, 2.75) is 17.4 Å². The summed E-state index contributed by atoms with van der Waals surface area (Å²) >= 11 is 0. The lowest BCUT2D eigenvalue weighted by Gasteiger charge is -2.28. The second-order valence-electron chi connectivity index (χ2n) is 6.71. The molecular formula is C20H18FN5O4S. The number of nitrogens with zero attached hydrogens (tertiary/aromatic N) is 3. The molecule has 0 aliphatic rings. The summed E-state index contributed by atoms with van der Waals surface area (Å²) in [5.41, 5.74) is 4.21. The fourth-order valence-corrected chi connectivity index (χ4v) is 3.68. The molecule has 0 bridgehead atoms. The van der Waals surface area contributed by atoms with E-state index in [9.17, 15) is 22.8 Å². The Labute approximate surface area is 177 Å². The molecule has 3 rings (SSSR count). The maximum absolute atomic E-state index is 13.5. The lowest BCUT2D eigenvalue weighted by atomic mass is 9.97.